The molecule has 2 heterocycles. The zero-order chi connectivity index (χ0) is 14.0. The third-order valence-electron chi connectivity index (χ3n) is 2.85. The third-order valence-corrected chi connectivity index (χ3v) is 4.38. The van der Waals surface area contributed by atoms with E-state index in [1.54, 1.807) is 12.4 Å². The normalized spacial score (nSPS) is 17.9. The first kappa shape index (κ1) is 13.9. The zero-order valence-electron chi connectivity index (χ0n) is 10.1. The molecule has 0 saturated heterocycles. The number of imidazole rings is 1. The van der Waals surface area contributed by atoms with Gasteiger partial charge in [-0.05, 0) is 0 Å². The highest BCUT2D eigenvalue weighted by Crippen LogP contribution is 2.12. The number of carboxylic acids is 1. The summed E-state index contributed by atoms with van der Waals surface area (Å²) in [6.07, 6.45) is 3.40. The third kappa shape index (κ3) is 3.10. The second-order valence-electron chi connectivity index (χ2n) is 4.17. The molecule has 0 saturated carbocycles. The van der Waals surface area contributed by atoms with Gasteiger partial charge in [-0.2, -0.15) is 17.4 Å². The second-order valence-corrected chi connectivity index (χ2v) is 5.92. The Balaban J connectivity index is 2.00. The summed E-state index contributed by atoms with van der Waals surface area (Å²) < 4.78 is 29.2. The Labute approximate surface area is 110 Å². The lowest BCUT2D eigenvalue weighted by Crippen LogP contribution is -2.49. The van der Waals surface area contributed by atoms with Crippen LogP contribution in [0.25, 0.3) is 0 Å². The monoisotopic (exact) mass is 289 g/mol. The highest BCUT2D eigenvalue weighted by Gasteiger charge is 2.28. The van der Waals surface area contributed by atoms with Gasteiger partial charge in [-0.15, -0.1) is 0 Å². The molecule has 1 aliphatic heterocycles. The molecule has 1 aromatic heterocycles. The summed E-state index contributed by atoms with van der Waals surface area (Å²) >= 11 is 0. The predicted octanol–water partition coefficient (Wildman–Crippen LogP) is -2.05. The van der Waals surface area contributed by atoms with Crippen LogP contribution in [-0.2, 0) is 28.1 Å². The summed E-state index contributed by atoms with van der Waals surface area (Å²) in [4.78, 5) is 14.6. The topological polar surface area (TPSA) is 131 Å². The summed E-state index contributed by atoms with van der Waals surface area (Å²) in [6, 6.07) is -1.26. The molecular weight excluding hydrogens is 274 g/mol. The number of hydrogen-bond acceptors (Lipinski definition) is 5. The fraction of sp³-hybridized carbons (Fsp3) is 0.556. The molecule has 0 bridgehead atoms. The van der Waals surface area contributed by atoms with Crippen molar-refractivity contribution in [2.75, 3.05) is 13.1 Å². The smallest absolute Gasteiger partial charge is 0.321 e. The number of rotatable bonds is 5. The van der Waals surface area contributed by atoms with E-state index in [4.69, 9.17) is 10.8 Å². The van der Waals surface area contributed by atoms with Crippen molar-refractivity contribution in [3.05, 3.63) is 18.2 Å². The molecule has 19 heavy (non-hydrogen) atoms. The van der Waals surface area contributed by atoms with Gasteiger partial charge in [-0.25, -0.2) is 4.98 Å². The molecule has 10 heteroatoms. The lowest BCUT2D eigenvalue weighted by atomic mass is 10.3. The molecule has 9 nitrogen and oxygen atoms in total. The SMILES string of the molecule is N[C@@H](CNS(=O)(=O)N1CCn2ccnc2C1)C(=O)O. The molecule has 1 aliphatic rings. The molecule has 0 fully saturated rings. The van der Waals surface area contributed by atoms with E-state index in [2.05, 4.69) is 9.71 Å². The Bertz CT molecular complexity index is 569. The van der Waals surface area contributed by atoms with E-state index >= 15 is 0 Å². The fourth-order valence-corrected chi connectivity index (χ4v) is 2.91. The second kappa shape index (κ2) is 5.25. The quantitative estimate of drug-likeness (QED) is 0.571. The molecule has 0 amide bonds. The average molecular weight is 289 g/mol. The van der Waals surface area contributed by atoms with Crippen molar-refractivity contribution in [3.63, 3.8) is 0 Å². The van der Waals surface area contributed by atoms with Crippen LogP contribution in [0.5, 0.6) is 0 Å². The maximum absolute atomic E-state index is 12.0. The number of aromatic nitrogens is 2. The van der Waals surface area contributed by atoms with Crippen molar-refractivity contribution < 1.29 is 18.3 Å². The maximum atomic E-state index is 12.0. The van der Waals surface area contributed by atoms with Crippen LogP contribution in [0.3, 0.4) is 0 Å². The van der Waals surface area contributed by atoms with Crippen LogP contribution in [0, 0.1) is 0 Å². The lowest BCUT2D eigenvalue weighted by molar-refractivity contribution is -0.138. The zero-order valence-corrected chi connectivity index (χ0v) is 10.9. The van der Waals surface area contributed by atoms with E-state index in [0.717, 1.165) is 0 Å². The van der Waals surface area contributed by atoms with E-state index in [0.29, 0.717) is 18.9 Å². The Morgan fingerprint density at radius 1 is 1.58 bits per heavy atom. The Morgan fingerprint density at radius 3 is 3.00 bits per heavy atom. The van der Waals surface area contributed by atoms with Crippen LogP contribution in [0.4, 0.5) is 0 Å². The van der Waals surface area contributed by atoms with E-state index in [-0.39, 0.29) is 13.1 Å². The number of hydrogen-bond donors (Lipinski definition) is 3. The van der Waals surface area contributed by atoms with Crippen LogP contribution < -0.4 is 10.5 Å². The van der Waals surface area contributed by atoms with Gasteiger partial charge in [0.1, 0.15) is 11.9 Å². The van der Waals surface area contributed by atoms with Gasteiger partial charge in [0.15, 0.2) is 0 Å². The Kier molecular flexibility index (Phi) is 3.85. The summed E-state index contributed by atoms with van der Waals surface area (Å²) in [6.45, 7) is 0.634. The molecular formula is C9H15N5O4S. The highest BCUT2D eigenvalue weighted by atomic mass is 32.2. The fourth-order valence-electron chi connectivity index (χ4n) is 1.73. The van der Waals surface area contributed by atoms with Crippen LogP contribution >= 0.6 is 0 Å². The summed E-state index contributed by atoms with van der Waals surface area (Å²) in [5.41, 5.74) is 5.25. The summed E-state index contributed by atoms with van der Waals surface area (Å²) in [7, 11) is -3.75. The average Bonchev–Trinajstić information content (AvgIpc) is 2.82. The largest absolute Gasteiger partial charge is 0.480 e. The minimum atomic E-state index is -3.75. The number of nitrogens with two attached hydrogens (primary N) is 1. The molecule has 1 atom stereocenters. The maximum Gasteiger partial charge on any atom is 0.321 e. The Morgan fingerprint density at radius 2 is 2.32 bits per heavy atom. The van der Waals surface area contributed by atoms with Gasteiger partial charge < -0.3 is 15.4 Å². The van der Waals surface area contributed by atoms with Gasteiger partial charge in [-0.3, -0.25) is 4.79 Å². The predicted molar refractivity (Wildman–Crippen MR) is 65.2 cm³/mol. The van der Waals surface area contributed by atoms with Crippen LogP contribution in [0.2, 0.25) is 0 Å². The van der Waals surface area contributed by atoms with E-state index < -0.39 is 22.2 Å². The van der Waals surface area contributed by atoms with Crippen LogP contribution in [0.15, 0.2) is 12.4 Å². The number of aliphatic carboxylic acids is 1. The van der Waals surface area contributed by atoms with Gasteiger partial charge in [0.2, 0.25) is 0 Å². The van der Waals surface area contributed by atoms with Gasteiger partial charge >= 0.3 is 5.97 Å². The van der Waals surface area contributed by atoms with E-state index in [1.165, 1.54) is 4.31 Å². The van der Waals surface area contributed by atoms with Crippen molar-refractivity contribution >= 4 is 16.2 Å². The van der Waals surface area contributed by atoms with Crippen LogP contribution in [-0.4, -0.2) is 52.5 Å². The molecule has 0 aromatic carbocycles. The highest BCUT2D eigenvalue weighted by molar-refractivity contribution is 7.87. The molecule has 0 aliphatic carbocycles. The number of fused-ring (bicyclic) bond motifs is 1. The molecule has 2 rings (SSSR count). The van der Waals surface area contributed by atoms with Gasteiger partial charge in [0, 0.05) is 32.0 Å². The molecule has 0 radical (unpaired) electrons. The van der Waals surface area contributed by atoms with Gasteiger partial charge in [0.05, 0.1) is 6.54 Å². The Hall–Kier alpha value is -1.49. The van der Waals surface area contributed by atoms with Crippen molar-refractivity contribution in [1.82, 2.24) is 18.6 Å². The molecule has 106 valence electrons. The molecule has 0 spiro atoms. The summed E-state index contributed by atoms with van der Waals surface area (Å²) in [5.74, 6) is -0.601. The number of carbonyl (C=O) groups is 1. The first-order valence-electron chi connectivity index (χ1n) is 5.63. The van der Waals surface area contributed by atoms with Crippen LogP contribution in [0.1, 0.15) is 5.82 Å². The number of nitrogens with one attached hydrogen (secondary N) is 1. The van der Waals surface area contributed by atoms with Crippen molar-refractivity contribution in [2.45, 2.75) is 19.1 Å². The lowest BCUT2D eigenvalue weighted by Gasteiger charge is -2.27. The minimum absolute atomic E-state index is 0.157. The molecule has 4 N–H and O–H groups in total. The standard InChI is InChI=1S/C9H15N5O4S/c10-7(9(15)16)5-12-19(17,18)14-4-3-13-2-1-11-8(13)6-14/h1-2,7,12H,3-6,10H2,(H,15,16)/t7-/m0/s1. The molecule has 0 unspecified atom stereocenters. The van der Waals surface area contributed by atoms with E-state index in [1.807, 2.05) is 4.57 Å². The van der Waals surface area contributed by atoms with Gasteiger partial charge in [-0.1, -0.05) is 0 Å². The van der Waals surface area contributed by atoms with Crippen molar-refractivity contribution in [1.29, 1.82) is 0 Å². The molecule has 1 aromatic rings. The minimum Gasteiger partial charge on any atom is -0.480 e. The first-order valence-corrected chi connectivity index (χ1v) is 7.07. The number of nitrogens with zero attached hydrogens (tertiary/aromatic N) is 3. The van der Waals surface area contributed by atoms with Crippen molar-refractivity contribution in [2.24, 2.45) is 5.73 Å². The van der Waals surface area contributed by atoms with E-state index in [9.17, 15) is 13.2 Å². The summed E-state index contributed by atoms with van der Waals surface area (Å²) in [5, 5.41) is 8.60. The number of carboxylic acid groups (broad SMARTS) is 1. The first-order chi connectivity index (χ1) is 8.90. The van der Waals surface area contributed by atoms with Crippen molar-refractivity contribution in [3.8, 4) is 0 Å². The van der Waals surface area contributed by atoms with Gasteiger partial charge in [0.25, 0.3) is 10.2 Å².